The minimum Gasteiger partial charge on any atom is -0.322 e. The van der Waals surface area contributed by atoms with Gasteiger partial charge < -0.3 is 5.32 Å². The standard InChI is InChI=1S/C21H18Cl2N2O3S/c1-13(2)29(27,28)15-7-8-16(19(23)12-15)21(26)25-14-6-9-18(22)17(11-14)20-5-3-4-10-24-20/h3-13H,1-2H3,(H,25,26). The lowest BCUT2D eigenvalue weighted by Gasteiger charge is -2.12. The first-order chi connectivity index (χ1) is 13.7. The van der Waals surface area contributed by atoms with Gasteiger partial charge in [-0.05, 0) is 62.4 Å². The SMILES string of the molecule is CC(C)S(=O)(=O)c1ccc(C(=O)Nc2ccc(Cl)c(-c3ccccn3)c2)c(Cl)c1. The van der Waals surface area contributed by atoms with Gasteiger partial charge in [0, 0.05) is 17.4 Å². The molecule has 0 spiro atoms. The Labute approximate surface area is 179 Å². The molecule has 150 valence electrons. The van der Waals surface area contributed by atoms with Crippen LogP contribution in [0.3, 0.4) is 0 Å². The zero-order valence-electron chi connectivity index (χ0n) is 15.7. The van der Waals surface area contributed by atoms with Gasteiger partial charge in [-0.2, -0.15) is 0 Å². The number of aromatic nitrogens is 1. The fourth-order valence-corrected chi connectivity index (χ4v) is 4.28. The number of anilines is 1. The molecule has 1 heterocycles. The molecule has 3 aromatic rings. The molecule has 0 atom stereocenters. The topological polar surface area (TPSA) is 76.1 Å². The number of amides is 1. The molecule has 3 rings (SSSR count). The van der Waals surface area contributed by atoms with Gasteiger partial charge in [0.1, 0.15) is 0 Å². The Morgan fingerprint density at radius 3 is 2.38 bits per heavy atom. The second-order valence-corrected chi connectivity index (χ2v) is 9.92. The average Bonchev–Trinajstić information content (AvgIpc) is 2.69. The van der Waals surface area contributed by atoms with Crippen LogP contribution in [0.2, 0.25) is 10.0 Å². The zero-order valence-corrected chi connectivity index (χ0v) is 18.0. The van der Waals surface area contributed by atoms with Crippen molar-refractivity contribution in [2.75, 3.05) is 5.32 Å². The van der Waals surface area contributed by atoms with Gasteiger partial charge in [-0.3, -0.25) is 9.78 Å². The highest BCUT2D eigenvalue weighted by Crippen LogP contribution is 2.30. The molecule has 0 saturated heterocycles. The summed E-state index contributed by atoms with van der Waals surface area (Å²) in [7, 11) is -3.48. The summed E-state index contributed by atoms with van der Waals surface area (Å²) in [6, 6.07) is 14.6. The molecule has 0 fully saturated rings. The van der Waals surface area contributed by atoms with E-state index >= 15 is 0 Å². The van der Waals surface area contributed by atoms with Crippen molar-refractivity contribution in [2.24, 2.45) is 0 Å². The number of rotatable bonds is 5. The first-order valence-electron chi connectivity index (χ1n) is 8.76. The molecule has 0 unspecified atom stereocenters. The Morgan fingerprint density at radius 1 is 1.00 bits per heavy atom. The van der Waals surface area contributed by atoms with Crippen molar-refractivity contribution < 1.29 is 13.2 Å². The number of carbonyl (C=O) groups is 1. The van der Waals surface area contributed by atoms with Crippen LogP contribution in [0.4, 0.5) is 5.69 Å². The molecule has 29 heavy (non-hydrogen) atoms. The third-order valence-electron chi connectivity index (χ3n) is 4.30. The Kier molecular flexibility index (Phi) is 6.27. The number of hydrogen-bond donors (Lipinski definition) is 1. The molecule has 5 nitrogen and oxygen atoms in total. The predicted molar refractivity (Wildman–Crippen MR) is 116 cm³/mol. The van der Waals surface area contributed by atoms with E-state index < -0.39 is 21.0 Å². The highest BCUT2D eigenvalue weighted by molar-refractivity contribution is 7.92. The van der Waals surface area contributed by atoms with E-state index in [1.807, 2.05) is 12.1 Å². The van der Waals surface area contributed by atoms with Gasteiger partial charge in [0.05, 0.1) is 31.4 Å². The van der Waals surface area contributed by atoms with Crippen molar-refractivity contribution in [1.29, 1.82) is 0 Å². The van der Waals surface area contributed by atoms with E-state index in [4.69, 9.17) is 23.2 Å². The smallest absolute Gasteiger partial charge is 0.257 e. The summed E-state index contributed by atoms with van der Waals surface area (Å²) >= 11 is 12.5. The van der Waals surface area contributed by atoms with Crippen molar-refractivity contribution in [3.05, 3.63) is 76.4 Å². The number of halogens is 2. The number of nitrogens with zero attached hydrogens (tertiary/aromatic N) is 1. The molecule has 0 bridgehead atoms. The van der Waals surface area contributed by atoms with E-state index in [-0.39, 0.29) is 15.5 Å². The van der Waals surface area contributed by atoms with Crippen LogP contribution in [-0.2, 0) is 9.84 Å². The summed E-state index contributed by atoms with van der Waals surface area (Å²) in [6.45, 7) is 3.17. The number of nitrogens with one attached hydrogen (secondary N) is 1. The van der Waals surface area contributed by atoms with Gasteiger partial charge in [0.25, 0.3) is 5.91 Å². The van der Waals surface area contributed by atoms with Crippen LogP contribution in [-0.4, -0.2) is 24.6 Å². The monoisotopic (exact) mass is 448 g/mol. The summed E-state index contributed by atoms with van der Waals surface area (Å²) in [6.07, 6.45) is 1.66. The predicted octanol–water partition coefficient (Wildman–Crippen LogP) is 5.49. The molecule has 8 heteroatoms. The maximum Gasteiger partial charge on any atom is 0.257 e. The van der Waals surface area contributed by atoms with E-state index in [2.05, 4.69) is 10.3 Å². The third kappa shape index (κ3) is 4.61. The van der Waals surface area contributed by atoms with Gasteiger partial charge >= 0.3 is 0 Å². The van der Waals surface area contributed by atoms with Gasteiger partial charge in [0.15, 0.2) is 9.84 Å². The Balaban J connectivity index is 1.88. The van der Waals surface area contributed by atoms with E-state index in [1.54, 1.807) is 44.3 Å². The number of pyridine rings is 1. The van der Waals surface area contributed by atoms with Gasteiger partial charge in [-0.1, -0.05) is 29.3 Å². The minimum atomic E-state index is -3.48. The lowest BCUT2D eigenvalue weighted by Crippen LogP contribution is -2.16. The fourth-order valence-electron chi connectivity index (χ4n) is 2.65. The van der Waals surface area contributed by atoms with Crippen LogP contribution in [0.25, 0.3) is 11.3 Å². The normalized spacial score (nSPS) is 11.5. The van der Waals surface area contributed by atoms with Crippen molar-refractivity contribution >= 4 is 44.6 Å². The van der Waals surface area contributed by atoms with E-state index in [1.165, 1.54) is 18.2 Å². The summed E-state index contributed by atoms with van der Waals surface area (Å²) < 4.78 is 24.6. The minimum absolute atomic E-state index is 0.0585. The number of sulfone groups is 1. The Morgan fingerprint density at radius 2 is 1.76 bits per heavy atom. The highest BCUT2D eigenvalue weighted by atomic mass is 35.5. The maximum absolute atomic E-state index is 12.7. The molecule has 2 aromatic carbocycles. The molecule has 0 saturated carbocycles. The molecular formula is C21H18Cl2N2O3S. The lowest BCUT2D eigenvalue weighted by atomic mass is 10.1. The second kappa shape index (κ2) is 8.53. The summed E-state index contributed by atoms with van der Waals surface area (Å²) in [5, 5.41) is 2.73. The number of carbonyl (C=O) groups excluding carboxylic acids is 1. The number of hydrogen-bond acceptors (Lipinski definition) is 4. The third-order valence-corrected chi connectivity index (χ3v) is 7.09. The summed E-state index contributed by atoms with van der Waals surface area (Å²) in [5.41, 5.74) is 2.03. The molecule has 0 radical (unpaired) electrons. The van der Waals surface area contributed by atoms with Crippen molar-refractivity contribution in [3.8, 4) is 11.3 Å². The quantitative estimate of drug-likeness (QED) is 0.559. The van der Waals surface area contributed by atoms with Crippen molar-refractivity contribution in [3.63, 3.8) is 0 Å². The van der Waals surface area contributed by atoms with Crippen LogP contribution < -0.4 is 5.32 Å². The van der Waals surface area contributed by atoms with Crippen LogP contribution in [0.1, 0.15) is 24.2 Å². The second-order valence-electron chi connectivity index (χ2n) is 6.60. The van der Waals surface area contributed by atoms with E-state index in [0.717, 1.165) is 0 Å². The van der Waals surface area contributed by atoms with Crippen molar-refractivity contribution in [2.45, 2.75) is 24.0 Å². The van der Waals surface area contributed by atoms with Crippen LogP contribution in [0.5, 0.6) is 0 Å². The molecule has 0 aliphatic heterocycles. The van der Waals surface area contributed by atoms with Gasteiger partial charge in [-0.15, -0.1) is 0 Å². The van der Waals surface area contributed by atoms with Crippen LogP contribution >= 0.6 is 23.2 Å². The molecule has 1 N–H and O–H groups in total. The molecule has 1 aromatic heterocycles. The first kappa shape index (κ1) is 21.3. The summed E-state index contributed by atoms with van der Waals surface area (Å²) in [5.74, 6) is -0.460. The largest absolute Gasteiger partial charge is 0.322 e. The van der Waals surface area contributed by atoms with Crippen LogP contribution in [0.15, 0.2) is 65.7 Å². The maximum atomic E-state index is 12.7. The molecule has 0 aliphatic carbocycles. The fraction of sp³-hybridized carbons (Fsp3) is 0.143. The zero-order chi connectivity index (χ0) is 21.2. The Bertz CT molecular complexity index is 1160. The average molecular weight is 449 g/mol. The number of benzene rings is 2. The first-order valence-corrected chi connectivity index (χ1v) is 11.1. The van der Waals surface area contributed by atoms with Gasteiger partial charge in [-0.25, -0.2) is 8.42 Å². The summed E-state index contributed by atoms with van der Waals surface area (Å²) in [4.78, 5) is 17.0. The Hall–Kier alpha value is -2.41. The van der Waals surface area contributed by atoms with Gasteiger partial charge in [0.2, 0.25) is 0 Å². The van der Waals surface area contributed by atoms with Crippen LogP contribution in [0, 0.1) is 0 Å². The lowest BCUT2D eigenvalue weighted by molar-refractivity contribution is 0.102. The van der Waals surface area contributed by atoms with E-state index in [9.17, 15) is 13.2 Å². The molecule has 0 aliphatic rings. The highest BCUT2D eigenvalue weighted by Gasteiger charge is 2.21. The van der Waals surface area contributed by atoms with E-state index in [0.29, 0.717) is 22.0 Å². The van der Waals surface area contributed by atoms with Crippen molar-refractivity contribution in [1.82, 2.24) is 4.98 Å². The molecular weight excluding hydrogens is 431 g/mol. The molecule has 1 amide bonds.